The zero-order valence-electron chi connectivity index (χ0n) is 10.3. The Morgan fingerprint density at radius 2 is 1.80 bits per heavy atom. The first-order chi connectivity index (χ1) is 7.38. The van der Waals surface area contributed by atoms with E-state index in [1.807, 2.05) is 0 Å². The Balaban J connectivity index is 2.27. The second-order valence-electron chi connectivity index (χ2n) is 5.02. The highest BCUT2D eigenvalue weighted by Gasteiger charge is 2.20. The van der Waals surface area contributed by atoms with Crippen LogP contribution in [0.3, 0.4) is 0 Å². The third-order valence-corrected chi connectivity index (χ3v) is 3.80. The summed E-state index contributed by atoms with van der Waals surface area (Å²) < 4.78 is 0. The summed E-state index contributed by atoms with van der Waals surface area (Å²) in [6, 6.07) is 0.578. The molecule has 1 fully saturated rings. The fourth-order valence-corrected chi connectivity index (χ4v) is 2.78. The van der Waals surface area contributed by atoms with Gasteiger partial charge in [-0.1, -0.05) is 51.9 Å². The molecule has 0 bridgehead atoms. The Morgan fingerprint density at radius 1 is 1.13 bits per heavy atom. The molecule has 3 N–H and O–H groups in total. The number of hydrazine groups is 1. The predicted octanol–water partition coefficient (Wildman–Crippen LogP) is 3.37. The van der Waals surface area contributed by atoms with E-state index in [-0.39, 0.29) is 0 Å². The molecule has 90 valence electrons. The van der Waals surface area contributed by atoms with Gasteiger partial charge in [0.05, 0.1) is 0 Å². The van der Waals surface area contributed by atoms with Crippen LogP contribution in [-0.2, 0) is 0 Å². The van der Waals surface area contributed by atoms with Gasteiger partial charge in [-0.05, 0) is 25.2 Å². The molecular weight excluding hydrogens is 184 g/mol. The summed E-state index contributed by atoms with van der Waals surface area (Å²) in [7, 11) is 0. The molecule has 0 aliphatic heterocycles. The maximum absolute atomic E-state index is 5.69. The molecule has 0 aromatic carbocycles. The lowest BCUT2D eigenvalue weighted by atomic mass is 9.89. The van der Waals surface area contributed by atoms with Crippen molar-refractivity contribution in [1.82, 2.24) is 5.43 Å². The van der Waals surface area contributed by atoms with Crippen LogP contribution in [0.25, 0.3) is 0 Å². The SMILES string of the molecule is CCCCCC(NN)C1CCCCCC1. The van der Waals surface area contributed by atoms with E-state index < -0.39 is 0 Å². The molecule has 0 aromatic heterocycles. The van der Waals surface area contributed by atoms with Crippen LogP contribution in [0, 0.1) is 5.92 Å². The maximum atomic E-state index is 5.69. The topological polar surface area (TPSA) is 38.0 Å². The molecule has 0 saturated heterocycles. The number of hydrogen-bond donors (Lipinski definition) is 2. The zero-order chi connectivity index (χ0) is 10.9. The third-order valence-electron chi connectivity index (χ3n) is 3.80. The van der Waals surface area contributed by atoms with E-state index in [1.165, 1.54) is 64.2 Å². The van der Waals surface area contributed by atoms with Crippen molar-refractivity contribution in [1.29, 1.82) is 0 Å². The quantitative estimate of drug-likeness (QED) is 0.306. The van der Waals surface area contributed by atoms with Crippen LogP contribution >= 0.6 is 0 Å². The first-order valence-corrected chi connectivity index (χ1v) is 6.84. The minimum absolute atomic E-state index is 0.578. The van der Waals surface area contributed by atoms with Crippen LogP contribution in [0.1, 0.15) is 71.1 Å². The van der Waals surface area contributed by atoms with Crippen LogP contribution < -0.4 is 11.3 Å². The van der Waals surface area contributed by atoms with Crippen molar-refractivity contribution in [2.24, 2.45) is 11.8 Å². The van der Waals surface area contributed by atoms with E-state index in [9.17, 15) is 0 Å². The normalized spacial score (nSPS) is 21.2. The fourth-order valence-electron chi connectivity index (χ4n) is 2.78. The minimum Gasteiger partial charge on any atom is -0.271 e. The highest BCUT2D eigenvalue weighted by atomic mass is 15.2. The highest BCUT2D eigenvalue weighted by Crippen LogP contribution is 2.27. The van der Waals surface area contributed by atoms with Gasteiger partial charge >= 0.3 is 0 Å². The monoisotopic (exact) mass is 212 g/mol. The summed E-state index contributed by atoms with van der Waals surface area (Å²) in [6.45, 7) is 2.26. The van der Waals surface area contributed by atoms with Crippen LogP contribution in [0.4, 0.5) is 0 Å². The molecule has 0 amide bonds. The zero-order valence-corrected chi connectivity index (χ0v) is 10.3. The van der Waals surface area contributed by atoms with Gasteiger partial charge < -0.3 is 0 Å². The van der Waals surface area contributed by atoms with Gasteiger partial charge in [0.2, 0.25) is 0 Å². The Labute approximate surface area is 95.0 Å². The van der Waals surface area contributed by atoms with Gasteiger partial charge in [0.1, 0.15) is 0 Å². The molecule has 2 nitrogen and oxygen atoms in total. The van der Waals surface area contributed by atoms with Crippen LogP contribution in [0.2, 0.25) is 0 Å². The van der Waals surface area contributed by atoms with Crippen molar-refractivity contribution >= 4 is 0 Å². The Kier molecular flexibility index (Phi) is 7.03. The van der Waals surface area contributed by atoms with E-state index >= 15 is 0 Å². The van der Waals surface area contributed by atoms with Crippen molar-refractivity contribution in [3.05, 3.63) is 0 Å². The number of hydrogen-bond acceptors (Lipinski definition) is 2. The first kappa shape index (κ1) is 13.0. The van der Waals surface area contributed by atoms with Gasteiger partial charge in [-0.3, -0.25) is 11.3 Å². The number of rotatable bonds is 6. The lowest BCUT2D eigenvalue weighted by Gasteiger charge is -2.25. The highest BCUT2D eigenvalue weighted by molar-refractivity contribution is 4.76. The van der Waals surface area contributed by atoms with Crippen LogP contribution in [0.15, 0.2) is 0 Å². The van der Waals surface area contributed by atoms with E-state index in [0.29, 0.717) is 6.04 Å². The van der Waals surface area contributed by atoms with E-state index in [4.69, 9.17) is 5.84 Å². The summed E-state index contributed by atoms with van der Waals surface area (Å²) in [5.74, 6) is 6.53. The van der Waals surface area contributed by atoms with Crippen molar-refractivity contribution in [2.75, 3.05) is 0 Å². The minimum atomic E-state index is 0.578. The molecule has 1 saturated carbocycles. The molecule has 0 aromatic rings. The first-order valence-electron chi connectivity index (χ1n) is 6.84. The summed E-state index contributed by atoms with van der Waals surface area (Å²) >= 11 is 0. The van der Waals surface area contributed by atoms with Crippen molar-refractivity contribution in [2.45, 2.75) is 77.2 Å². The fraction of sp³-hybridized carbons (Fsp3) is 1.00. The smallest absolute Gasteiger partial charge is 0.0238 e. The molecule has 1 aliphatic carbocycles. The second-order valence-corrected chi connectivity index (χ2v) is 5.02. The van der Waals surface area contributed by atoms with Gasteiger partial charge in [0.25, 0.3) is 0 Å². The summed E-state index contributed by atoms with van der Waals surface area (Å²) in [4.78, 5) is 0. The molecule has 1 unspecified atom stereocenters. The molecule has 1 rings (SSSR count). The molecule has 0 heterocycles. The lowest BCUT2D eigenvalue weighted by molar-refractivity contribution is 0.300. The molecule has 0 spiro atoms. The summed E-state index contributed by atoms with van der Waals surface area (Å²) in [5.41, 5.74) is 3.06. The average molecular weight is 212 g/mol. The van der Waals surface area contributed by atoms with Crippen LogP contribution in [0.5, 0.6) is 0 Å². The van der Waals surface area contributed by atoms with E-state index in [2.05, 4.69) is 12.3 Å². The van der Waals surface area contributed by atoms with E-state index in [0.717, 1.165) is 5.92 Å². The average Bonchev–Trinajstić information content (AvgIpc) is 2.53. The van der Waals surface area contributed by atoms with E-state index in [1.54, 1.807) is 0 Å². The number of nitrogens with one attached hydrogen (secondary N) is 1. The van der Waals surface area contributed by atoms with Gasteiger partial charge in [-0.15, -0.1) is 0 Å². The summed E-state index contributed by atoms with van der Waals surface area (Å²) in [5, 5.41) is 0. The molecule has 1 aliphatic rings. The summed E-state index contributed by atoms with van der Waals surface area (Å²) in [6.07, 6.45) is 13.7. The molecular formula is C13H28N2. The predicted molar refractivity (Wildman–Crippen MR) is 66.4 cm³/mol. The number of unbranched alkanes of at least 4 members (excludes halogenated alkanes) is 2. The van der Waals surface area contributed by atoms with Gasteiger partial charge in [0.15, 0.2) is 0 Å². The van der Waals surface area contributed by atoms with Gasteiger partial charge in [0, 0.05) is 6.04 Å². The molecule has 1 atom stereocenters. The van der Waals surface area contributed by atoms with Crippen molar-refractivity contribution < 1.29 is 0 Å². The standard InChI is InChI=1S/C13H28N2/c1-2-3-6-11-13(15-14)12-9-7-4-5-8-10-12/h12-13,15H,2-11,14H2,1H3. The van der Waals surface area contributed by atoms with Crippen LogP contribution in [-0.4, -0.2) is 6.04 Å². The largest absolute Gasteiger partial charge is 0.271 e. The number of nitrogens with two attached hydrogens (primary N) is 1. The maximum Gasteiger partial charge on any atom is 0.0238 e. The third kappa shape index (κ3) is 4.98. The molecule has 15 heavy (non-hydrogen) atoms. The van der Waals surface area contributed by atoms with Crippen molar-refractivity contribution in [3.63, 3.8) is 0 Å². The van der Waals surface area contributed by atoms with Crippen molar-refractivity contribution in [3.8, 4) is 0 Å². The molecule has 2 heteroatoms. The lowest BCUT2D eigenvalue weighted by Crippen LogP contribution is -2.40. The Bertz CT molecular complexity index is 139. The Morgan fingerprint density at radius 3 is 2.33 bits per heavy atom. The van der Waals surface area contributed by atoms with Gasteiger partial charge in [-0.2, -0.15) is 0 Å². The second kappa shape index (κ2) is 8.12. The molecule has 0 radical (unpaired) electrons. The van der Waals surface area contributed by atoms with Gasteiger partial charge in [-0.25, -0.2) is 0 Å². The Hall–Kier alpha value is -0.0800.